The van der Waals surface area contributed by atoms with E-state index in [1.54, 1.807) is 24.3 Å². The second kappa shape index (κ2) is 6.37. The highest BCUT2D eigenvalue weighted by Gasteiger charge is 2.51. The summed E-state index contributed by atoms with van der Waals surface area (Å²) in [5.41, 5.74) is 0.737. The molecular weight excluding hydrogens is 474 g/mol. The van der Waals surface area contributed by atoms with Gasteiger partial charge in [0.2, 0.25) is 0 Å². The predicted octanol–water partition coefficient (Wildman–Crippen LogP) is 6.15. The largest absolute Gasteiger partial charge is 0.309 e. The van der Waals surface area contributed by atoms with Gasteiger partial charge >= 0.3 is 0 Å². The highest BCUT2D eigenvalue weighted by atomic mass is 79.9. The van der Waals surface area contributed by atoms with Gasteiger partial charge < -0.3 is 4.72 Å². The van der Waals surface area contributed by atoms with E-state index in [0.717, 1.165) is 27.2 Å². The Morgan fingerprint density at radius 1 is 0.880 bits per heavy atom. The number of halogens is 4. The Bertz CT molecular complexity index is 885. The molecule has 0 radical (unpaired) electrons. The summed E-state index contributed by atoms with van der Waals surface area (Å²) in [5.74, 6) is -1.75. The summed E-state index contributed by atoms with van der Waals surface area (Å²) in [7, 11) is 0. The zero-order valence-corrected chi connectivity index (χ0v) is 16.6. The third kappa shape index (κ3) is 2.60. The van der Waals surface area contributed by atoms with Crippen LogP contribution in [-0.4, -0.2) is 5.71 Å². The first kappa shape index (κ1) is 17.0. The van der Waals surface area contributed by atoms with E-state index in [2.05, 4.69) is 41.0 Å². The van der Waals surface area contributed by atoms with Gasteiger partial charge in [-0.25, -0.2) is 8.78 Å². The average Bonchev–Trinajstić information content (AvgIpc) is 3.07. The normalized spacial score (nSPS) is 18.4. The minimum atomic E-state index is -1.42. The Morgan fingerprint density at radius 3 is 1.92 bits per heavy atom. The SMILES string of the molecule is FC1=C(F)C(c2ccc(Br)cc2)(c2ccc(Br)cc2)C2=NSNC2=C1. The maximum absolute atomic E-state index is 15.4. The van der Waals surface area contributed by atoms with Gasteiger partial charge in [-0.15, -0.1) is 0 Å². The molecule has 0 saturated carbocycles. The van der Waals surface area contributed by atoms with Crippen molar-refractivity contribution in [1.29, 1.82) is 0 Å². The van der Waals surface area contributed by atoms with Crippen LogP contribution >= 0.6 is 44.0 Å². The van der Waals surface area contributed by atoms with Crippen LogP contribution in [0.3, 0.4) is 0 Å². The van der Waals surface area contributed by atoms with Gasteiger partial charge in [0.05, 0.1) is 23.5 Å². The molecule has 0 atom stereocenters. The predicted molar refractivity (Wildman–Crippen MR) is 105 cm³/mol. The second-order valence-corrected chi connectivity index (χ2v) is 8.02. The number of rotatable bonds is 2. The minimum Gasteiger partial charge on any atom is -0.309 e. The van der Waals surface area contributed by atoms with E-state index >= 15 is 4.39 Å². The lowest BCUT2D eigenvalue weighted by Crippen LogP contribution is -2.41. The molecule has 7 heteroatoms. The summed E-state index contributed by atoms with van der Waals surface area (Å²) >= 11 is 7.86. The van der Waals surface area contributed by atoms with Gasteiger partial charge in [0.1, 0.15) is 5.41 Å². The lowest BCUT2D eigenvalue weighted by atomic mass is 9.67. The van der Waals surface area contributed by atoms with Crippen LogP contribution in [0.25, 0.3) is 0 Å². The summed E-state index contributed by atoms with van der Waals surface area (Å²) in [5, 5.41) is 0. The van der Waals surface area contributed by atoms with Crippen molar-refractivity contribution in [2.75, 3.05) is 0 Å². The number of fused-ring (bicyclic) bond motifs is 1. The lowest BCUT2D eigenvalue weighted by Gasteiger charge is -2.36. The Morgan fingerprint density at radius 2 is 1.40 bits per heavy atom. The quantitative estimate of drug-likeness (QED) is 0.518. The van der Waals surface area contributed by atoms with Gasteiger partial charge in [-0.05, 0) is 35.4 Å². The molecule has 1 heterocycles. The first-order valence-electron chi connectivity index (χ1n) is 7.34. The second-order valence-electron chi connectivity index (χ2n) is 5.62. The minimum absolute atomic E-state index is 0.459. The third-order valence-corrected chi connectivity index (χ3v) is 5.91. The van der Waals surface area contributed by atoms with E-state index in [1.807, 2.05) is 24.3 Å². The van der Waals surface area contributed by atoms with Crippen molar-refractivity contribution in [3.63, 3.8) is 0 Å². The van der Waals surface area contributed by atoms with Gasteiger partial charge in [0, 0.05) is 15.0 Å². The van der Waals surface area contributed by atoms with E-state index in [4.69, 9.17) is 0 Å². The number of benzene rings is 2. The molecule has 2 nitrogen and oxygen atoms in total. The molecule has 0 unspecified atom stereocenters. The van der Waals surface area contributed by atoms with E-state index in [0.29, 0.717) is 22.5 Å². The van der Waals surface area contributed by atoms with Crippen molar-refractivity contribution in [2.24, 2.45) is 4.40 Å². The standard InChI is InChI=1S/C18H10Br2F2N2S/c19-12-5-1-10(2-6-12)18(11-3-7-13(20)8-4-11)16(22)14(21)9-15-17(18)24-25-23-15/h1-9,23H. The molecule has 2 aliphatic rings. The van der Waals surface area contributed by atoms with Crippen LogP contribution in [0.4, 0.5) is 8.78 Å². The molecule has 126 valence electrons. The third-order valence-electron chi connectivity index (χ3n) is 4.27. The zero-order chi connectivity index (χ0) is 17.6. The molecule has 0 spiro atoms. The number of nitrogens with zero attached hydrogens (tertiary/aromatic N) is 1. The molecule has 0 aromatic heterocycles. The Labute approximate surface area is 164 Å². The fourth-order valence-corrected chi connectivity index (χ4v) is 4.30. The van der Waals surface area contributed by atoms with Crippen molar-refractivity contribution < 1.29 is 8.78 Å². The van der Waals surface area contributed by atoms with Crippen LogP contribution in [0.1, 0.15) is 11.1 Å². The van der Waals surface area contributed by atoms with Crippen molar-refractivity contribution >= 4 is 49.7 Å². The summed E-state index contributed by atoms with van der Waals surface area (Å²) in [6.45, 7) is 0. The van der Waals surface area contributed by atoms with E-state index in [-0.39, 0.29) is 0 Å². The van der Waals surface area contributed by atoms with Crippen LogP contribution < -0.4 is 4.72 Å². The number of hydrogen-bond donors (Lipinski definition) is 1. The molecule has 4 rings (SSSR count). The maximum Gasteiger partial charge on any atom is 0.158 e. The Hall–Kier alpha value is -1.44. The highest BCUT2D eigenvalue weighted by molar-refractivity contribution is 9.10. The molecule has 0 fully saturated rings. The van der Waals surface area contributed by atoms with Crippen molar-refractivity contribution in [3.8, 4) is 0 Å². The lowest BCUT2D eigenvalue weighted by molar-refractivity contribution is 0.478. The summed E-state index contributed by atoms with van der Waals surface area (Å²) in [4.78, 5) is 0. The molecule has 0 amide bonds. The molecule has 25 heavy (non-hydrogen) atoms. The first-order valence-corrected chi connectivity index (χ1v) is 9.70. The van der Waals surface area contributed by atoms with Gasteiger partial charge in [-0.1, -0.05) is 56.1 Å². The Balaban J connectivity index is 2.07. The molecule has 0 bridgehead atoms. The van der Waals surface area contributed by atoms with Crippen LogP contribution in [0.5, 0.6) is 0 Å². The van der Waals surface area contributed by atoms with Crippen LogP contribution in [0.2, 0.25) is 0 Å². The average molecular weight is 484 g/mol. The summed E-state index contributed by atoms with van der Waals surface area (Å²) in [6.07, 6.45) is 1.16. The van der Waals surface area contributed by atoms with E-state index in [9.17, 15) is 4.39 Å². The van der Waals surface area contributed by atoms with Crippen LogP contribution in [0.15, 0.2) is 85.3 Å². The fourth-order valence-electron chi connectivity index (χ4n) is 3.15. The number of nitrogens with one attached hydrogen (secondary N) is 1. The summed E-state index contributed by atoms with van der Waals surface area (Å²) < 4.78 is 39.0. The van der Waals surface area contributed by atoms with E-state index < -0.39 is 17.1 Å². The monoisotopic (exact) mass is 482 g/mol. The van der Waals surface area contributed by atoms with Crippen molar-refractivity contribution in [3.05, 3.63) is 92.0 Å². The first-order chi connectivity index (χ1) is 12.0. The highest BCUT2D eigenvalue weighted by Crippen LogP contribution is 2.49. The van der Waals surface area contributed by atoms with Crippen molar-refractivity contribution in [2.45, 2.75) is 5.41 Å². The number of hydrogen-bond acceptors (Lipinski definition) is 3. The van der Waals surface area contributed by atoms with Gasteiger partial charge in [-0.2, -0.15) is 4.40 Å². The van der Waals surface area contributed by atoms with Gasteiger partial charge in [0.25, 0.3) is 0 Å². The summed E-state index contributed by atoms with van der Waals surface area (Å²) in [6, 6.07) is 14.4. The van der Waals surface area contributed by atoms with E-state index in [1.165, 1.54) is 0 Å². The van der Waals surface area contributed by atoms with Crippen LogP contribution in [-0.2, 0) is 5.41 Å². The Kier molecular flexibility index (Phi) is 4.33. The molecule has 0 saturated heterocycles. The molecule has 1 N–H and O–H groups in total. The smallest absolute Gasteiger partial charge is 0.158 e. The molecule has 2 aromatic carbocycles. The molecule has 2 aromatic rings. The molecule has 1 aliphatic heterocycles. The van der Waals surface area contributed by atoms with Crippen LogP contribution in [0, 0.1) is 0 Å². The molecule has 1 aliphatic carbocycles. The fraction of sp³-hybridized carbons (Fsp3) is 0.0556. The molecular formula is C18H10Br2F2N2S. The maximum atomic E-state index is 15.4. The van der Waals surface area contributed by atoms with Gasteiger partial charge in [-0.3, -0.25) is 0 Å². The van der Waals surface area contributed by atoms with Crippen molar-refractivity contribution in [1.82, 2.24) is 4.72 Å². The van der Waals surface area contributed by atoms with Gasteiger partial charge in [0.15, 0.2) is 11.7 Å². The number of allylic oxidation sites excluding steroid dienone is 4. The zero-order valence-electron chi connectivity index (χ0n) is 12.6. The topological polar surface area (TPSA) is 24.4 Å².